The monoisotopic (exact) mass is 672 g/mol. The van der Waals surface area contributed by atoms with Gasteiger partial charge in [0, 0.05) is 16.5 Å². The summed E-state index contributed by atoms with van der Waals surface area (Å²) in [6.45, 7) is 13.8. The molecule has 0 heterocycles. The van der Waals surface area contributed by atoms with Crippen molar-refractivity contribution in [3.63, 3.8) is 0 Å². The Hall–Kier alpha value is -1.73. The van der Waals surface area contributed by atoms with Crippen LogP contribution in [0.5, 0.6) is 0 Å². The Bertz CT molecular complexity index is 1120. The molecule has 3 heteroatoms. The molecular weight excluding hydrogens is 603 g/mol. The Morgan fingerprint density at radius 1 is 0.391 bits per heavy atom. The third-order valence-corrected chi connectivity index (χ3v) is 9.22. The number of aryl methyl sites for hydroxylation is 4. The van der Waals surface area contributed by atoms with Crippen molar-refractivity contribution in [2.45, 2.75) is 189 Å². The average Bonchev–Trinajstić information content (AvgIpc) is 3.05. The van der Waals surface area contributed by atoms with Crippen molar-refractivity contribution in [1.82, 2.24) is 0 Å². The van der Waals surface area contributed by atoms with E-state index in [1.807, 2.05) is 0 Å². The molecule has 2 aromatic rings. The first kappa shape index (κ1) is 42.3. The summed E-state index contributed by atoms with van der Waals surface area (Å²) in [5.41, 5.74) is 10.8. The molecule has 0 aliphatic heterocycles. The molecule has 0 saturated carbocycles. The fraction of sp³-hybridized carbons (Fsp3) is 0.674. The molecule has 0 spiro atoms. The SMILES string of the molecule is CCCCCC(=Nc1ccc(CCCCC)c(CCCCC)c1)C(CCCC)=Nc1ccc(CCCCC)c(CCCCC)c1.[Ni]. The summed E-state index contributed by atoms with van der Waals surface area (Å²) in [6.07, 6.45) is 28.1. The summed E-state index contributed by atoms with van der Waals surface area (Å²) in [5.74, 6) is 0. The van der Waals surface area contributed by atoms with Crippen molar-refractivity contribution in [1.29, 1.82) is 0 Å². The van der Waals surface area contributed by atoms with Crippen molar-refractivity contribution >= 4 is 22.8 Å². The molecule has 0 radical (unpaired) electrons. The van der Waals surface area contributed by atoms with Gasteiger partial charge in [-0.15, -0.1) is 0 Å². The molecule has 0 unspecified atom stereocenters. The molecular formula is C43H70N2Ni. The van der Waals surface area contributed by atoms with Gasteiger partial charge < -0.3 is 0 Å². The molecule has 2 rings (SSSR count). The summed E-state index contributed by atoms with van der Waals surface area (Å²) >= 11 is 0. The summed E-state index contributed by atoms with van der Waals surface area (Å²) < 4.78 is 0. The number of benzene rings is 2. The quantitative estimate of drug-likeness (QED) is 0.0539. The summed E-state index contributed by atoms with van der Waals surface area (Å²) in [4.78, 5) is 10.9. The molecule has 0 bridgehead atoms. The summed E-state index contributed by atoms with van der Waals surface area (Å²) in [7, 11) is 0. The van der Waals surface area contributed by atoms with E-state index >= 15 is 0 Å². The molecule has 0 N–H and O–H groups in total. The van der Waals surface area contributed by atoms with Gasteiger partial charge in [0.15, 0.2) is 0 Å². The van der Waals surface area contributed by atoms with E-state index in [2.05, 4.69) is 77.9 Å². The van der Waals surface area contributed by atoms with Crippen LogP contribution in [-0.4, -0.2) is 11.4 Å². The van der Waals surface area contributed by atoms with Crippen LogP contribution in [0.4, 0.5) is 11.4 Å². The second kappa shape index (κ2) is 27.2. The molecule has 262 valence electrons. The third kappa shape index (κ3) is 16.9. The van der Waals surface area contributed by atoms with Gasteiger partial charge in [-0.1, -0.05) is 124 Å². The van der Waals surface area contributed by atoms with Crippen LogP contribution in [0.15, 0.2) is 46.4 Å². The van der Waals surface area contributed by atoms with Crippen LogP contribution in [0.3, 0.4) is 0 Å². The zero-order chi connectivity index (χ0) is 32.5. The maximum atomic E-state index is 5.44. The predicted molar refractivity (Wildman–Crippen MR) is 204 cm³/mol. The van der Waals surface area contributed by atoms with Crippen LogP contribution >= 0.6 is 0 Å². The van der Waals surface area contributed by atoms with E-state index in [0.29, 0.717) is 0 Å². The first-order valence-corrected chi connectivity index (χ1v) is 19.5. The van der Waals surface area contributed by atoms with Gasteiger partial charge >= 0.3 is 0 Å². The molecule has 0 saturated heterocycles. The molecule has 2 nitrogen and oxygen atoms in total. The van der Waals surface area contributed by atoms with Gasteiger partial charge in [0.1, 0.15) is 0 Å². The molecule has 0 atom stereocenters. The van der Waals surface area contributed by atoms with Crippen LogP contribution in [0, 0.1) is 0 Å². The van der Waals surface area contributed by atoms with Gasteiger partial charge in [-0.25, -0.2) is 0 Å². The Kier molecular flexibility index (Phi) is 25.1. The van der Waals surface area contributed by atoms with Gasteiger partial charge in [-0.3, -0.25) is 9.98 Å². The Labute approximate surface area is 296 Å². The molecule has 0 aromatic heterocycles. The zero-order valence-electron chi connectivity index (χ0n) is 30.9. The minimum atomic E-state index is 0. The minimum Gasteiger partial charge on any atom is -0.252 e. The molecule has 0 fully saturated rings. The van der Waals surface area contributed by atoms with Gasteiger partial charge in [0.05, 0.1) is 22.8 Å². The van der Waals surface area contributed by atoms with E-state index < -0.39 is 0 Å². The Morgan fingerprint density at radius 3 is 1.09 bits per heavy atom. The number of unbranched alkanes of at least 4 members (excludes halogenated alkanes) is 11. The topological polar surface area (TPSA) is 24.7 Å². The maximum absolute atomic E-state index is 5.44. The average molecular weight is 674 g/mol. The van der Waals surface area contributed by atoms with Crippen molar-refractivity contribution in [2.75, 3.05) is 0 Å². The fourth-order valence-corrected chi connectivity index (χ4v) is 6.31. The minimum absolute atomic E-state index is 0. The van der Waals surface area contributed by atoms with E-state index in [9.17, 15) is 0 Å². The number of hydrogen-bond donors (Lipinski definition) is 0. The maximum Gasteiger partial charge on any atom is 0.0636 e. The summed E-state index contributed by atoms with van der Waals surface area (Å²) in [5, 5.41) is 0. The van der Waals surface area contributed by atoms with Crippen molar-refractivity contribution in [2.24, 2.45) is 9.98 Å². The smallest absolute Gasteiger partial charge is 0.0636 e. The molecule has 0 aliphatic rings. The molecule has 46 heavy (non-hydrogen) atoms. The molecule has 0 aliphatic carbocycles. The Balaban J connectivity index is 0.0000106. The number of aliphatic imine (C=N–C) groups is 2. The van der Waals surface area contributed by atoms with E-state index in [-0.39, 0.29) is 16.5 Å². The second-order valence-electron chi connectivity index (χ2n) is 13.4. The third-order valence-electron chi connectivity index (χ3n) is 9.22. The standard InChI is InChI=1S/C43H70N2.Ni/c1-7-13-19-24-36-30-32-40(34-38(36)26-21-15-9-3)44-42(28-18-12-6)43(29-23-17-11-5)45-41-33-31-37(25-20-14-8-2)39(35-41)27-22-16-10-4;/h30-35H,7-29H2,1-6H3;. The van der Waals surface area contributed by atoms with Crippen LogP contribution < -0.4 is 0 Å². The number of rotatable bonds is 26. The first-order chi connectivity index (χ1) is 22.1. The van der Waals surface area contributed by atoms with Crippen molar-refractivity contribution in [3.05, 3.63) is 58.7 Å². The molecule has 0 amide bonds. The van der Waals surface area contributed by atoms with E-state index in [0.717, 1.165) is 30.6 Å². The van der Waals surface area contributed by atoms with Crippen LogP contribution in [-0.2, 0) is 42.2 Å². The number of nitrogens with zero attached hydrogens (tertiary/aromatic N) is 2. The van der Waals surface area contributed by atoms with Gasteiger partial charge in [-0.05, 0) is 124 Å². The predicted octanol–water partition coefficient (Wildman–Crippen LogP) is 14.2. The van der Waals surface area contributed by atoms with Crippen LogP contribution in [0.1, 0.15) is 186 Å². The normalized spacial score (nSPS) is 12.0. The van der Waals surface area contributed by atoms with Gasteiger partial charge in [-0.2, -0.15) is 0 Å². The first-order valence-electron chi connectivity index (χ1n) is 19.5. The van der Waals surface area contributed by atoms with Crippen LogP contribution in [0.2, 0.25) is 0 Å². The Morgan fingerprint density at radius 2 is 0.717 bits per heavy atom. The van der Waals surface area contributed by atoms with Gasteiger partial charge in [0.25, 0.3) is 0 Å². The largest absolute Gasteiger partial charge is 0.252 e. The van der Waals surface area contributed by atoms with Crippen molar-refractivity contribution in [3.8, 4) is 0 Å². The zero-order valence-corrected chi connectivity index (χ0v) is 31.9. The fourth-order valence-electron chi connectivity index (χ4n) is 6.31. The number of hydrogen-bond acceptors (Lipinski definition) is 2. The summed E-state index contributed by atoms with van der Waals surface area (Å²) in [6, 6.07) is 14.2. The van der Waals surface area contributed by atoms with Gasteiger partial charge in [0.2, 0.25) is 0 Å². The van der Waals surface area contributed by atoms with Crippen molar-refractivity contribution < 1.29 is 16.5 Å². The second-order valence-corrected chi connectivity index (χ2v) is 13.4. The van der Waals surface area contributed by atoms with E-state index in [4.69, 9.17) is 9.98 Å². The van der Waals surface area contributed by atoms with E-state index in [1.54, 1.807) is 11.1 Å². The molecule has 2 aromatic carbocycles. The van der Waals surface area contributed by atoms with E-state index in [1.165, 1.54) is 151 Å². The van der Waals surface area contributed by atoms with Crippen LogP contribution in [0.25, 0.3) is 0 Å².